The summed E-state index contributed by atoms with van der Waals surface area (Å²) >= 11 is 5.24. The number of nitrogens with two attached hydrogens (primary N) is 1. The van der Waals surface area contributed by atoms with Crippen molar-refractivity contribution in [1.29, 1.82) is 0 Å². The number of rotatable bonds is 9. The number of pyridine rings is 2. The lowest BCUT2D eigenvalue weighted by atomic mass is 10.2. The first-order valence-electron chi connectivity index (χ1n) is 11.9. The molecule has 0 aliphatic rings. The molecule has 1 unspecified atom stereocenters. The highest BCUT2D eigenvalue weighted by Crippen LogP contribution is 2.20. The van der Waals surface area contributed by atoms with Gasteiger partial charge in [-0.3, -0.25) is 25.2 Å². The number of alkyl halides is 1. The molecular formula is C26H31ClN6O4. The third-order valence-electron chi connectivity index (χ3n) is 5.26. The predicted molar refractivity (Wildman–Crippen MR) is 149 cm³/mol. The molecule has 196 valence electrons. The molecule has 0 saturated carbocycles. The molecule has 10 nitrogen and oxygen atoms in total. The van der Waals surface area contributed by atoms with E-state index < -0.39 is 15.9 Å². The molecule has 0 aliphatic carbocycles. The van der Waals surface area contributed by atoms with Gasteiger partial charge in [0, 0.05) is 46.6 Å². The number of halogens is 1. The van der Waals surface area contributed by atoms with Crippen molar-refractivity contribution in [3.05, 3.63) is 93.3 Å². The highest BCUT2D eigenvalue weighted by Gasteiger charge is 2.16. The highest BCUT2D eigenvalue weighted by molar-refractivity contribution is 6.18. The summed E-state index contributed by atoms with van der Waals surface area (Å²) in [5.74, 6) is 0.0458. The molecule has 37 heavy (non-hydrogen) atoms. The molecule has 2 aromatic carbocycles. The van der Waals surface area contributed by atoms with Gasteiger partial charge in [0.2, 0.25) is 6.04 Å². The maximum atomic E-state index is 10.4. The van der Waals surface area contributed by atoms with Crippen LogP contribution in [0.5, 0.6) is 0 Å². The lowest BCUT2D eigenvalue weighted by Crippen LogP contribution is -2.24. The van der Waals surface area contributed by atoms with Crippen molar-refractivity contribution in [2.75, 3.05) is 24.3 Å². The van der Waals surface area contributed by atoms with Crippen LogP contribution in [0.25, 0.3) is 21.8 Å². The molecule has 2 aromatic heterocycles. The smallest absolute Gasteiger partial charge is 0.288 e. The number of nitrogens with zero attached hydrogens (tertiary/aromatic N) is 4. The number of nitro groups is 2. The Kier molecular flexibility index (Phi) is 12.7. The summed E-state index contributed by atoms with van der Waals surface area (Å²) in [6.45, 7) is 3.55. The largest absolute Gasteiger partial charge is 0.384 e. The van der Waals surface area contributed by atoms with E-state index in [1.165, 1.54) is 36.2 Å². The SMILES string of the molecule is CCCCNc1ccnc2ccccc12.NCCC(CCl)[N+](=O)[O-].O=[N+]([O-])c1cnc2ccccc2c1. The zero-order valence-electron chi connectivity index (χ0n) is 20.6. The molecule has 0 radical (unpaired) electrons. The third-order valence-corrected chi connectivity index (χ3v) is 5.61. The molecule has 11 heteroatoms. The summed E-state index contributed by atoms with van der Waals surface area (Å²) in [5.41, 5.74) is 8.12. The Hall–Kier alpha value is -3.89. The van der Waals surface area contributed by atoms with Crippen LogP contribution in [-0.2, 0) is 0 Å². The van der Waals surface area contributed by atoms with Crippen LogP contribution in [0.1, 0.15) is 26.2 Å². The van der Waals surface area contributed by atoms with Crippen LogP contribution in [0.4, 0.5) is 11.4 Å². The Morgan fingerprint density at radius 3 is 2.35 bits per heavy atom. The topological polar surface area (TPSA) is 150 Å². The highest BCUT2D eigenvalue weighted by atomic mass is 35.5. The van der Waals surface area contributed by atoms with Crippen molar-refractivity contribution >= 4 is 44.8 Å². The van der Waals surface area contributed by atoms with Gasteiger partial charge in [0.05, 0.1) is 21.8 Å². The fourth-order valence-corrected chi connectivity index (χ4v) is 3.51. The Morgan fingerprint density at radius 2 is 1.73 bits per heavy atom. The lowest BCUT2D eigenvalue weighted by molar-refractivity contribution is -0.517. The van der Waals surface area contributed by atoms with E-state index in [9.17, 15) is 20.2 Å². The second-order valence-electron chi connectivity index (χ2n) is 7.97. The van der Waals surface area contributed by atoms with Gasteiger partial charge in [0.15, 0.2) is 0 Å². The first-order valence-corrected chi connectivity index (χ1v) is 12.4. The molecule has 3 N–H and O–H groups in total. The maximum Gasteiger partial charge on any atom is 0.288 e. The zero-order valence-corrected chi connectivity index (χ0v) is 21.4. The van der Waals surface area contributed by atoms with Gasteiger partial charge in [-0.05, 0) is 31.2 Å². The van der Waals surface area contributed by atoms with Crippen LogP contribution >= 0.6 is 11.6 Å². The summed E-state index contributed by atoms with van der Waals surface area (Å²) in [6, 6.07) is 18.4. The first-order chi connectivity index (χ1) is 17.9. The lowest BCUT2D eigenvalue weighted by Gasteiger charge is -2.08. The van der Waals surface area contributed by atoms with E-state index in [4.69, 9.17) is 17.3 Å². The van der Waals surface area contributed by atoms with E-state index in [0.29, 0.717) is 13.0 Å². The standard InChI is InChI=1S/C13H16N2.C9H6N2O2.C4H9ClN2O2/c1-2-3-9-14-13-8-10-15-12-7-5-4-6-11(12)13;12-11(13)8-5-7-3-1-2-4-9(7)10-6-8;5-3-4(1-2-6)7(8)9/h4-8,10H,2-3,9H2,1H3,(H,14,15);1-6H;4H,1-3,6H2. The van der Waals surface area contributed by atoms with Crippen molar-refractivity contribution in [2.24, 2.45) is 5.73 Å². The average molecular weight is 527 g/mol. The third kappa shape index (κ3) is 9.59. The molecule has 0 saturated heterocycles. The summed E-state index contributed by atoms with van der Waals surface area (Å²) < 4.78 is 0. The summed E-state index contributed by atoms with van der Waals surface area (Å²) in [4.78, 5) is 27.8. The van der Waals surface area contributed by atoms with Gasteiger partial charge in [-0.25, -0.2) is 4.98 Å². The van der Waals surface area contributed by atoms with Gasteiger partial charge in [0.1, 0.15) is 6.20 Å². The maximum absolute atomic E-state index is 10.4. The van der Waals surface area contributed by atoms with Crippen molar-refractivity contribution < 1.29 is 9.85 Å². The van der Waals surface area contributed by atoms with Crippen molar-refractivity contribution in [2.45, 2.75) is 32.2 Å². The van der Waals surface area contributed by atoms with Gasteiger partial charge in [-0.2, -0.15) is 0 Å². The number of para-hydroxylation sites is 2. The molecule has 1 atom stereocenters. The molecule has 0 aliphatic heterocycles. The number of benzene rings is 2. The molecule has 4 rings (SSSR count). The summed E-state index contributed by atoms with van der Waals surface area (Å²) in [6.07, 6.45) is 5.90. The van der Waals surface area contributed by atoms with Crippen LogP contribution in [0.15, 0.2) is 73.1 Å². The molecule has 0 amide bonds. The van der Waals surface area contributed by atoms with Crippen LogP contribution in [0.3, 0.4) is 0 Å². The van der Waals surface area contributed by atoms with E-state index in [0.717, 1.165) is 23.0 Å². The quantitative estimate of drug-likeness (QED) is 0.120. The van der Waals surface area contributed by atoms with Crippen LogP contribution in [0, 0.1) is 20.2 Å². The second-order valence-corrected chi connectivity index (χ2v) is 8.28. The van der Waals surface area contributed by atoms with Crippen molar-refractivity contribution in [3.8, 4) is 0 Å². The molecule has 4 aromatic rings. The van der Waals surface area contributed by atoms with E-state index in [2.05, 4.69) is 34.3 Å². The Labute approximate surface area is 220 Å². The van der Waals surface area contributed by atoms with E-state index >= 15 is 0 Å². The number of nitrogens with one attached hydrogen (secondary N) is 1. The van der Waals surface area contributed by atoms with Crippen LogP contribution < -0.4 is 11.1 Å². The summed E-state index contributed by atoms with van der Waals surface area (Å²) in [5, 5.41) is 25.8. The first kappa shape index (κ1) is 29.3. The fraction of sp³-hybridized carbons (Fsp3) is 0.308. The minimum Gasteiger partial charge on any atom is -0.384 e. The minimum atomic E-state index is -0.670. The molecule has 2 heterocycles. The predicted octanol–water partition coefficient (Wildman–Crippen LogP) is 5.81. The Morgan fingerprint density at radius 1 is 1.03 bits per heavy atom. The average Bonchev–Trinajstić information content (AvgIpc) is 2.92. The van der Waals surface area contributed by atoms with Crippen molar-refractivity contribution in [3.63, 3.8) is 0 Å². The number of hydrogen-bond donors (Lipinski definition) is 2. The van der Waals surface area contributed by atoms with Gasteiger partial charge < -0.3 is 11.1 Å². The molecule has 0 bridgehead atoms. The number of fused-ring (bicyclic) bond motifs is 2. The Balaban J connectivity index is 0.000000202. The van der Waals surface area contributed by atoms with Crippen LogP contribution in [0.2, 0.25) is 0 Å². The minimum absolute atomic E-state index is 0.0266. The number of unbranched alkanes of at least 4 members (excludes halogenated alkanes) is 1. The number of hydrogen-bond acceptors (Lipinski definition) is 8. The van der Waals surface area contributed by atoms with Gasteiger partial charge in [0.25, 0.3) is 5.69 Å². The second kappa shape index (κ2) is 16.0. The normalized spacial score (nSPS) is 11.0. The zero-order chi connectivity index (χ0) is 27.0. The molecule has 0 spiro atoms. The monoisotopic (exact) mass is 526 g/mol. The van der Waals surface area contributed by atoms with Gasteiger partial charge in [-0.15, -0.1) is 11.6 Å². The van der Waals surface area contributed by atoms with E-state index in [1.807, 2.05) is 42.6 Å². The molecular weight excluding hydrogens is 496 g/mol. The summed E-state index contributed by atoms with van der Waals surface area (Å²) in [7, 11) is 0. The van der Waals surface area contributed by atoms with Gasteiger partial charge in [-0.1, -0.05) is 49.7 Å². The van der Waals surface area contributed by atoms with E-state index in [1.54, 1.807) is 6.07 Å². The molecule has 0 fully saturated rings. The number of aromatic nitrogens is 2. The van der Waals surface area contributed by atoms with Crippen molar-refractivity contribution in [1.82, 2.24) is 9.97 Å². The number of anilines is 1. The van der Waals surface area contributed by atoms with Crippen LogP contribution in [-0.4, -0.2) is 44.8 Å². The van der Waals surface area contributed by atoms with Gasteiger partial charge >= 0.3 is 0 Å². The Bertz CT molecular complexity index is 1280. The van der Waals surface area contributed by atoms with E-state index in [-0.39, 0.29) is 11.6 Å². The fourth-order valence-electron chi connectivity index (χ4n) is 3.24.